The van der Waals surface area contributed by atoms with Crippen LogP contribution in [-0.4, -0.2) is 18.9 Å². The van der Waals surface area contributed by atoms with Gasteiger partial charge in [0, 0.05) is 0 Å². The zero-order valence-corrected chi connectivity index (χ0v) is 9.77. The van der Waals surface area contributed by atoms with Gasteiger partial charge in [0.15, 0.2) is 5.65 Å². The van der Waals surface area contributed by atoms with E-state index < -0.39 is 9.15 Å². The molecule has 2 aromatic heterocycles. The highest BCUT2D eigenvalue weighted by Gasteiger charge is 2.06. The van der Waals surface area contributed by atoms with Gasteiger partial charge < -0.3 is 0 Å². The molecule has 2 heterocycles. The molecular weight excluding hydrogens is 244 g/mol. The van der Waals surface area contributed by atoms with Gasteiger partial charge in [0.25, 0.3) is 0 Å². The number of hydrogen-bond donors (Lipinski definition) is 3. The molecular formula is C5H6N4S4. The Morgan fingerprint density at radius 3 is 3.08 bits per heavy atom. The fourth-order valence-corrected chi connectivity index (χ4v) is 3.15. The van der Waals surface area contributed by atoms with Crippen molar-refractivity contribution in [3.8, 4) is 0 Å². The Morgan fingerprint density at radius 1 is 1.46 bits per heavy atom. The van der Waals surface area contributed by atoms with Gasteiger partial charge in [0.2, 0.25) is 0 Å². The van der Waals surface area contributed by atoms with Gasteiger partial charge >= 0.3 is 0 Å². The van der Waals surface area contributed by atoms with Crippen LogP contribution >= 0.6 is 42.3 Å². The highest BCUT2D eigenvalue weighted by molar-refractivity contribution is 9.27. The van der Waals surface area contributed by atoms with Crippen LogP contribution in [0.25, 0.3) is 11.2 Å². The third-order valence-corrected chi connectivity index (χ3v) is 7.09. The van der Waals surface area contributed by atoms with E-state index in [9.17, 15) is 0 Å². The lowest BCUT2D eigenvalue weighted by atomic mass is 10.6. The highest BCUT2D eigenvalue weighted by Crippen LogP contribution is 2.48. The van der Waals surface area contributed by atoms with E-state index in [1.54, 1.807) is 12.5 Å². The van der Waals surface area contributed by atoms with Crippen LogP contribution in [0.5, 0.6) is 0 Å². The summed E-state index contributed by atoms with van der Waals surface area (Å²) < 4.78 is 1.90. The van der Waals surface area contributed by atoms with E-state index in [0.717, 1.165) is 11.2 Å². The molecule has 0 saturated heterocycles. The van der Waals surface area contributed by atoms with E-state index in [0.29, 0.717) is 0 Å². The lowest BCUT2D eigenvalue weighted by Crippen LogP contribution is -1.87. The molecule has 4 nitrogen and oxygen atoms in total. The van der Waals surface area contributed by atoms with E-state index in [-0.39, 0.29) is 0 Å². The average Bonchev–Trinajstić information content (AvgIpc) is 2.60. The van der Waals surface area contributed by atoms with Crippen LogP contribution in [-0.2, 0) is 0 Å². The van der Waals surface area contributed by atoms with Crippen molar-refractivity contribution in [1.29, 1.82) is 0 Å². The summed E-state index contributed by atoms with van der Waals surface area (Å²) in [6.45, 7) is 0. The summed E-state index contributed by atoms with van der Waals surface area (Å²) in [7, 11) is 0.686. The van der Waals surface area contributed by atoms with Crippen molar-refractivity contribution in [2.75, 3.05) is 0 Å². The Bertz CT molecular complexity index is 416. The van der Waals surface area contributed by atoms with Gasteiger partial charge in [0.05, 0.1) is 6.20 Å². The zero-order chi connectivity index (χ0) is 9.26. The third-order valence-electron chi connectivity index (χ3n) is 1.45. The maximum atomic E-state index is 4.38. The fourth-order valence-electron chi connectivity index (χ4n) is 0.920. The molecule has 0 fully saturated rings. The van der Waals surface area contributed by atoms with Gasteiger partial charge in [-0.3, -0.25) is 3.97 Å². The van der Waals surface area contributed by atoms with Gasteiger partial charge in [-0.15, -0.1) is 11.7 Å². The van der Waals surface area contributed by atoms with Crippen LogP contribution in [0.15, 0.2) is 18.9 Å². The molecule has 1 atom stereocenters. The Hall–Kier alpha value is -0.0500. The molecule has 70 valence electrons. The van der Waals surface area contributed by atoms with E-state index in [2.05, 4.69) is 38.3 Å². The Kier molecular flexibility index (Phi) is 2.92. The van der Waals surface area contributed by atoms with Crippen molar-refractivity contribution >= 4 is 53.5 Å². The molecule has 2 aromatic rings. The Labute approximate surface area is 91.1 Å². The average molecular weight is 250 g/mol. The minimum Gasteiger partial charge on any atom is -0.259 e. The fraction of sp³-hybridized carbons (Fsp3) is 0. The summed E-state index contributed by atoms with van der Waals surface area (Å²) in [6.07, 6.45) is 4.89. The SMILES string of the molecule is SS[SH](S)n1cnc2cncnc21. The summed E-state index contributed by atoms with van der Waals surface area (Å²) >= 11 is 8.48. The first kappa shape index (κ1) is 9.50. The monoisotopic (exact) mass is 250 g/mol. The standard InChI is InChI=1S/C5H6N4S4/c10-12-13(11)9-3-8-4-1-6-2-7-5(4)9/h1-3,10-11,13H. The van der Waals surface area contributed by atoms with Crippen molar-refractivity contribution in [3.63, 3.8) is 0 Å². The Balaban J connectivity index is 2.57. The minimum atomic E-state index is -0.697. The van der Waals surface area contributed by atoms with Crippen LogP contribution in [0, 0.1) is 0 Å². The molecule has 0 N–H and O–H groups in total. The summed E-state index contributed by atoms with van der Waals surface area (Å²) in [5, 5.41) is 0. The molecule has 0 radical (unpaired) electrons. The number of rotatable bonds is 2. The summed E-state index contributed by atoms with van der Waals surface area (Å²) in [6, 6.07) is 0. The molecule has 0 aromatic carbocycles. The summed E-state index contributed by atoms with van der Waals surface area (Å²) in [5.74, 6) is 0. The Morgan fingerprint density at radius 2 is 2.31 bits per heavy atom. The van der Waals surface area contributed by atoms with Crippen LogP contribution in [0.2, 0.25) is 0 Å². The second-order valence-electron chi connectivity index (χ2n) is 2.16. The molecule has 0 bridgehead atoms. The van der Waals surface area contributed by atoms with Gasteiger partial charge in [-0.1, -0.05) is 20.8 Å². The predicted octanol–water partition coefficient (Wildman–Crippen LogP) is 1.93. The predicted molar refractivity (Wildman–Crippen MR) is 65.3 cm³/mol. The number of fused-ring (bicyclic) bond motifs is 1. The van der Waals surface area contributed by atoms with Gasteiger partial charge in [0.1, 0.15) is 18.2 Å². The summed E-state index contributed by atoms with van der Waals surface area (Å²) in [4.78, 5) is 12.1. The third kappa shape index (κ3) is 1.76. The van der Waals surface area contributed by atoms with Gasteiger partial charge in [-0.2, -0.15) is 0 Å². The maximum Gasteiger partial charge on any atom is 0.173 e. The maximum absolute atomic E-state index is 4.38. The number of thiol groups is 3. The van der Waals surface area contributed by atoms with Crippen molar-refractivity contribution in [1.82, 2.24) is 18.9 Å². The quantitative estimate of drug-likeness (QED) is 0.563. The van der Waals surface area contributed by atoms with E-state index >= 15 is 0 Å². The smallest absolute Gasteiger partial charge is 0.173 e. The lowest BCUT2D eigenvalue weighted by molar-refractivity contribution is 1.18. The molecule has 0 saturated carbocycles. The molecule has 2 rings (SSSR count). The topological polar surface area (TPSA) is 43.6 Å². The van der Waals surface area contributed by atoms with Crippen LogP contribution in [0.1, 0.15) is 0 Å². The van der Waals surface area contributed by atoms with Crippen LogP contribution < -0.4 is 0 Å². The molecule has 0 spiro atoms. The molecule has 0 aliphatic rings. The first-order chi connectivity index (χ1) is 6.33. The molecule has 0 amide bonds. The van der Waals surface area contributed by atoms with E-state index in [1.807, 2.05) is 3.97 Å². The highest BCUT2D eigenvalue weighted by atomic mass is 33.7. The van der Waals surface area contributed by atoms with Crippen molar-refractivity contribution in [3.05, 3.63) is 18.9 Å². The second kappa shape index (κ2) is 3.99. The minimum absolute atomic E-state index is 0.697. The van der Waals surface area contributed by atoms with E-state index in [1.165, 1.54) is 16.2 Å². The number of aromatic nitrogens is 4. The van der Waals surface area contributed by atoms with Crippen molar-refractivity contribution in [2.24, 2.45) is 0 Å². The number of nitrogens with zero attached hydrogens (tertiary/aromatic N) is 4. The number of hydrogen-bond acceptors (Lipinski definition) is 6. The largest absolute Gasteiger partial charge is 0.259 e. The van der Waals surface area contributed by atoms with Crippen molar-refractivity contribution < 1.29 is 0 Å². The second-order valence-corrected chi connectivity index (χ2v) is 8.20. The molecule has 0 aliphatic carbocycles. The first-order valence-corrected chi connectivity index (χ1v) is 8.19. The zero-order valence-electron chi connectivity index (χ0n) is 6.27. The van der Waals surface area contributed by atoms with Gasteiger partial charge in [-0.05, 0) is 9.83 Å². The molecule has 13 heavy (non-hydrogen) atoms. The van der Waals surface area contributed by atoms with Crippen LogP contribution in [0.4, 0.5) is 0 Å². The van der Waals surface area contributed by atoms with Crippen molar-refractivity contribution in [2.45, 2.75) is 0 Å². The summed E-state index contributed by atoms with van der Waals surface area (Å²) in [5.41, 5.74) is 1.59. The normalized spacial score (nSPS) is 14.8. The molecule has 0 aliphatic heterocycles. The van der Waals surface area contributed by atoms with Gasteiger partial charge in [-0.25, -0.2) is 15.0 Å². The molecule has 1 unspecified atom stereocenters. The number of imidazole rings is 1. The first-order valence-electron chi connectivity index (χ1n) is 3.27. The molecule has 8 heteroatoms. The van der Waals surface area contributed by atoms with Crippen LogP contribution in [0.3, 0.4) is 0 Å². The lowest BCUT2D eigenvalue weighted by Gasteiger charge is -2.11. The van der Waals surface area contributed by atoms with E-state index in [4.69, 9.17) is 0 Å².